The number of likely N-dealkylation sites (tertiary alicyclic amines) is 1. The largest absolute Gasteiger partial charge is 0.458 e. The lowest BCUT2D eigenvalue weighted by molar-refractivity contribution is -0.151. The zero-order valence-corrected chi connectivity index (χ0v) is 17.2. The molecule has 1 aliphatic rings. The van der Waals surface area contributed by atoms with Crippen LogP contribution in [0.1, 0.15) is 44.3 Å². The van der Waals surface area contributed by atoms with Crippen molar-refractivity contribution in [3.8, 4) is 0 Å². The number of fused-ring (bicyclic) bond motifs is 1. The summed E-state index contributed by atoms with van der Waals surface area (Å²) in [4.78, 5) is 42.7. The second kappa shape index (κ2) is 7.86. The van der Waals surface area contributed by atoms with E-state index in [1.54, 1.807) is 11.8 Å². The van der Waals surface area contributed by atoms with E-state index < -0.39 is 5.60 Å². The highest BCUT2D eigenvalue weighted by molar-refractivity contribution is 7.16. The summed E-state index contributed by atoms with van der Waals surface area (Å²) in [5.74, 6) is -0.587. The van der Waals surface area contributed by atoms with E-state index in [-0.39, 0.29) is 30.1 Å². The fourth-order valence-electron chi connectivity index (χ4n) is 2.89. The van der Waals surface area contributed by atoms with E-state index in [1.807, 2.05) is 20.8 Å². The monoisotopic (exact) mass is 408 g/mol. The van der Waals surface area contributed by atoms with Crippen LogP contribution < -0.4 is 5.56 Å². The van der Waals surface area contributed by atoms with Gasteiger partial charge in [-0.3, -0.25) is 9.59 Å². The Hall–Kier alpha value is -2.49. The molecule has 2 aromatic rings. The molecule has 0 spiro atoms. The maximum atomic E-state index is 12.3. The first-order chi connectivity index (χ1) is 13.1. The molecule has 152 valence electrons. The third kappa shape index (κ3) is 4.86. The van der Waals surface area contributed by atoms with Gasteiger partial charge in [0, 0.05) is 24.8 Å². The van der Waals surface area contributed by atoms with Crippen LogP contribution in [-0.2, 0) is 20.9 Å². The molecule has 0 aliphatic carbocycles. The van der Waals surface area contributed by atoms with Gasteiger partial charge in [-0.2, -0.15) is 9.61 Å². The first-order valence-electron chi connectivity index (χ1n) is 9.13. The number of amides is 1. The summed E-state index contributed by atoms with van der Waals surface area (Å²) in [5.41, 5.74) is -0.181. The van der Waals surface area contributed by atoms with Gasteiger partial charge in [0.25, 0.3) is 5.56 Å². The Labute approximate surface area is 166 Å². The van der Waals surface area contributed by atoms with Crippen molar-refractivity contribution in [1.82, 2.24) is 19.5 Å². The number of rotatable bonds is 3. The number of aryl methyl sites for hydroxylation is 1. The number of hydrogen-bond donors (Lipinski definition) is 0. The van der Waals surface area contributed by atoms with Gasteiger partial charge in [0.2, 0.25) is 4.96 Å². The summed E-state index contributed by atoms with van der Waals surface area (Å²) < 4.78 is 11.9. The molecule has 10 heteroatoms. The van der Waals surface area contributed by atoms with Gasteiger partial charge in [0.05, 0.1) is 5.92 Å². The summed E-state index contributed by atoms with van der Waals surface area (Å²) in [7, 11) is 0. The molecule has 1 amide bonds. The first kappa shape index (κ1) is 20.2. The van der Waals surface area contributed by atoms with Crippen LogP contribution in [0.2, 0.25) is 0 Å². The van der Waals surface area contributed by atoms with Crippen molar-refractivity contribution in [2.45, 2.75) is 52.7 Å². The maximum Gasteiger partial charge on any atom is 0.410 e. The number of aromatic nitrogens is 3. The molecule has 0 radical (unpaired) electrons. The fraction of sp³-hybridized carbons (Fsp3) is 0.611. The highest BCUT2D eigenvalue weighted by atomic mass is 32.1. The number of carbonyl (C=O) groups excluding carboxylic acids is 2. The molecule has 0 unspecified atom stereocenters. The van der Waals surface area contributed by atoms with Crippen molar-refractivity contribution in [2.75, 3.05) is 13.1 Å². The normalized spacial score (nSPS) is 15.6. The Balaban J connectivity index is 1.52. The smallest absolute Gasteiger partial charge is 0.410 e. The quantitative estimate of drug-likeness (QED) is 0.717. The number of ether oxygens (including phenoxy) is 2. The predicted octanol–water partition coefficient (Wildman–Crippen LogP) is 2.15. The Morgan fingerprint density at radius 1 is 1.29 bits per heavy atom. The molecule has 1 aliphatic heterocycles. The van der Waals surface area contributed by atoms with Gasteiger partial charge in [-0.05, 0) is 40.5 Å². The molecule has 0 saturated carbocycles. The second-order valence-corrected chi connectivity index (χ2v) is 8.82. The first-order valence-corrected chi connectivity index (χ1v) is 9.95. The van der Waals surface area contributed by atoms with Crippen LogP contribution in [0.3, 0.4) is 0 Å². The maximum absolute atomic E-state index is 12.3. The number of esters is 1. The SMILES string of the molecule is Cc1cc(=O)n2nc(COC(=O)C3CCN(C(=O)OC(C)(C)C)CC3)sc2n1. The van der Waals surface area contributed by atoms with Gasteiger partial charge in [0.15, 0.2) is 5.01 Å². The van der Waals surface area contributed by atoms with Crippen molar-refractivity contribution in [3.05, 3.63) is 27.1 Å². The number of carbonyl (C=O) groups is 2. The zero-order chi connectivity index (χ0) is 20.5. The minimum absolute atomic E-state index is 0.00235. The topological polar surface area (TPSA) is 103 Å². The lowest BCUT2D eigenvalue weighted by atomic mass is 9.97. The number of piperidine rings is 1. The van der Waals surface area contributed by atoms with Gasteiger partial charge < -0.3 is 14.4 Å². The summed E-state index contributed by atoms with van der Waals surface area (Å²) >= 11 is 1.22. The highest BCUT2D eigenvalue weighted by Crippen LogP contribution is 2.22. The number of nitrogens with zero attached hydrogens (tertiary/aromatic N) is 4. The van der Waals surface area contributed by atoms with Gasteiger partial charge in [-0.25, -0.2) is 9.78 Å². The predicted molar refractivity (Wildman–Crippen MR) is 102 cm³/mol. The van der Waals surface area contributed by atoms with Gasteiger partial charge in [0.1, 0.15) is 12.2 Å². The van der Waals surface area contributed by atoms with Crippen LogP contribution in [0.5, 0.6) is 0 Å². The van der Waals surface area contributed by atoms with E-state index in [2.05, 4.69) is 10.1 Å². The van der Waals surface area contributed by atoms with E-state index in [1.165, 1.54) is 21.9 Å². The van der Waals surface area contributed by atoms with Crippen molar-refractivity contribution < 1.29 is 19.1 Å². The van der Waals surface area contributed by atoms with Crippen LogP contribution in [-0.4, -0.2) is 50.3 Å². The van der Waals surface area contributed by atoms with Crippen molar-refractivity contribution in [3.63, 3.8) is 0 Å². The Morgan fingerprint density at radius 3 is 2.61 bits per heavy atom. The summed E-state index contributed by atoms with van der Waals surface area (Å²) in [6, 6.07) is 1.40. The average Bonchev–Trinajstić information content (AvgIpc) is 3.01. The van der Waals surface area contributed by atoms with E-state index in [9.17, 15) is 14.4 Å². The Kier molecular flexibility index (Phi) is 5.69. The lowest BCUT2D eigenvalue weighted by Crippen LogP contribution is -2.43. The number of hydrogen-bond acceptors (Lipinski definition) is 8. The summed E-state index contributed by atoms with van der Waals surface area (Å²) in [5, 5.41) is 4.66. The van der Waals surface area contributed by atoms with Gasteiger partial charge in [-0.1, -0.05) is 11.3 Å². The van der Waals surface area contributed by atoms with E-state index in [0.717, 1.165) is 0 Å². The minimum Gasteiger partial charge on any atom is -0.458 e. The molecule has 9 nitrogen and oxygen atoms in total. The van der Waals surface area contributed by atoms with Crippen molar-refractivity contribution in [1.29, 1.82) is 0 Å². The van der Waals surface area contributed by atoms with Crippen molar-refractivity contribution >= 4 is 28.4 Å². The molecular weight excluding hydrogens is 384 g/mol. The summed E-state index contributed by atoms with van der Waals surface area (Å²) in [6.45, 7) is 8.11. The molecule has 3 heterocycles. The van der Waals surface area contributed by atoms with Gasteiger partial charge >= 0.3 is 12.1 Å². The third-order valence-corrected chi connectivity index (χ3v) is 5.11. The van der Waals surface area contributed by atoms with Crippen LogP contribution in [0.25, 0.3) is 4.96 Å². The van der Waals surface area contributed by atoms with Crippen LogP contribution in [0.4, 0.5) is 4.79 Å². The molecule has 0 aromatic carbocycles. The van der Waals surface area contributed by atoms with Crippen LogP contribution in [0.15, 0.2) is 10.9 Å². The van der Waals surface area contributed by atoms with E-state index in [4.69, 9.17) is 9.47 Å². The summed E-state index contributed by atoms with van der Waals surface area (Å²) in [6.07, 6.45) is 0.693. The molecular formula is C18H24N4O5S. The average molecular weight is 408 g/mol. The van der Waals surface area contributed by atoms with E-state index >= 15 is 0 Å². The fourth-order valence-corrected chi connectivity index (χ4v) is 3.75. The van der Waals surface area contributed by atoms with Crippen molar-refractivity contribution in [2.24, 2.45) is 5.92 Å². The van der Waals surface area contributed by atoms with Crippen LogP contribution >= 0.6 is 11.3 Å². The highest BCUT2D eigenvalue weighted by Gasteiger charge is 2.30. The van der Waals surface area contributed by atoms with Crippen LogP contribution in [0, 0.1) is 12.8 Å². The lowest BCUT2D eigenvalue weighted by Gasteiger charge is -2.32. The molecule has 0 atom stereocenters. The molecule has 28 heavy (non-hydrogen) atoms. The molecule has 1 fully saturated rings. The second-order valence-electron chi connectivity index (χ2n) is 7.78. The molecule has 1 saturated heterocycles. The van der Waals surface area contributed by atoms with Gasteiger partial charge in [-0.15, -0.1) is 0 Å². The third-order valence-electron chi connectivity index (χ3n) is 4.23. The molecule has 3 rings (SSSR count). The zero-order valence-electron chi connectivity index (χ0n) is 16.4. The standard InChI is InChI=1S/C18H24N4O5S/c1-11-9-14(23)22-16(19-11)28-13(20-22)10-26-15(24)12-5-7-21(8-6-12)17(25)27-18(2,3)4/h9,12H,5-8,10H2,1-4H3. The molecule has 2 aromatic heterocycles. The Morgan fingerprint density at radius 2 is 1.96 bits per heavy atom. The molecule has 0 N–H and O–H groups in total. The Bertz CT molecular complexity index is 938. The van der Waals surface area contributed by atoms with E-state index in [0.29, 0.717) is 41.6 Å². The minimum atomic E-state index is -0.542. The molecule has 0 bridgehead atoms.